The van der Waals surface area contributed by atoms with Crippen molar-refractivity contribution in [1.82, 2.24) is 4.90 Å². The van der Waals surface area contributed by atoms with Gasteiger partial charge in [-0.05, 0) is 31.5 Å². The van der Waals surface area contributed by atoms with Crippen molar-refractivity contribution in [3.63, 3.8) is 0 Å². The highest BCUT2D eigenvalue weighted by Gasteiger charge is 2.14. The Bertz CT molecular complexity index is 361. The van der Waals surface area contributed by atoms with Crippen LogP contribution < -0.4 is 0 Å². The van der Waals surface area contributed by atoms with Gasteiger partial charge in [-0.25, -0.2) is 4.58 Å². The van der Waals surface area contributed by atoms with Gasteiger partial charge in [0.15, 0.2) is 11.9 Å². The Morgan fingerprint density at radius 2 is 2.38 bits per heavy atom. The summed E-state index contributed by atoms with van der Waals surface area (Å²) in [5.74, 6) is 0. The van der Waals surface area contributed by atoms with Crippen LogP contribution in [0.2, 0.25) is 0 Å². The molecule has 2 heteroatoms. The molecular weight excluding hydrogens is 196 g/mol. The van der Waals surface area contributed by atoms with Gasteiger partial charge in [0.2, 0.25) is 0 Å². The zero-order chi connectivity index (χ0) is 11.4. The smallest absolute Gasteiger partial charge is 0.184 e. The molecule has 0 amide bonds. The number of rotatable bonds is 4. The summed E-state index contributed by atoms with van der Waals surface area (Å²) >= 11 is 0. The van der Waals surface area contributed by atoms with Gasteiger partial charge in [0.1, 0.15) is 7.05 Å². The molecule has 86 valence electrons. The molecule has 0 aromatic rings. The zero-order valence-corrected chi connectivity index (χ0v) is 10.3. The molecule has 0 fully saturated rings. The van der Waals surface area contributed by atoms with Crippen LogP contribution in [0.15, 0.2) is 36.7 Å². The van der Waals surface area contributed by atoms with Gasteiger partial charge in [-0.2, -0.15) is 0 Å². The van der Waals surface area contributed by atoms with Gasteiger partial charge in [0.05, 0.1) is 6.42 Å². The van der Waals surface area contributed by atoms with Gasteiger partial charge in [-0.3, -0.25) is 0 Å². The summed E-state index contributed by atoms with van der Waals surface area (Å²) in [5.41, 5.74) is 1.40. The third kappa shape index (κ3) is 2.63. The molecule has 2 aliphatic heterocycles. The van der Waals surface area contributed by atoms with Crippen molar-refractivity contribution in [1.29, 1.82) is 0 Å². The second-order valence-corrected chi connectivity index (χ2v) is 4.61. The first-order chi connectivity index (χ1) is 7.77. The van der Waals surface area contributed by atoms with E-state index in [2.05, 4.69) is 60.3 Å². The van der Waals surface area contributed by atoms with Crippen LogP contribution in [0.4, 0.5) is 0 Å². The van der Waals surface area contributed by atoms with E-state index in [0.29, 0.717) is 6.04 Å². The number of hydrogen-bond acceptors (Lipinski definition) is 1. The number of allylic oxidation sites excluding steroid dienone is 3. The van der Waals surface area contributed by atoms with Gasteiger partial charge < -0.3 is 4.90 Å². The highest BCUT2D eigenvalue weighted by atomic mass is 15.1. The van der Waals surface area contributed by atoms with Gasteiger partial charge >= 0.3 is 0 Å². The fourth-order valence-corrected chi connectivity index (χ4v) is 2.26. The van der Waals surface area contributed by atoms with Crippen LogP contribution in [0, 0.1) is 0 Å². The Kier molecular flexibility index (Phi) is 3.60. The van der Waals surface area contributed by atoms with E-state index < -0.39 is 0 Å². The molecule has 1 unspecified atom stereocenters. The van der Waals surface area contributed by atoms with E-state index in [1.165, 1.54) is 25.0 Å². The Hall–Kier alpha value is -1.31. The molecule has 2 heterocycles. The van der Waals surface area contributed by atoms with E-state index in [1.54, 1.807) is 0 Å². The van der Waals surface area contributed by atoms with Gasteiger partial charge in [-0.15, -0.1) is 0 Å². The van der Waals surface area contributed by atoms with Crippen LogP contribution >= 0.6 is 0 Å². The maximum absolute atomic E-state index is 2.32. The second-order valence-electron chi connectivity index (χ2n) is 4.61. The molecule has 0 aromatic carbocycles. The minimum Gasteiger partial charge on any atom is -0.377 e. The monoisotopic (exact) mass is 217 g/mol. The van der Waals surface area contributed by atoms with E-state index in [0.717, 1.165) is 6.42 Å². The first-order valence-electron chi connectivity index (χ1n) is 6.08. The van der Waals surface area contributed by atoms with E-state index in [9.17, 15) is 0 Å². The van der Waals surface area contributed by atoms with E-state index in [4.69, 9.17) is 0 Å². The summed E-state index contributed by atoms with van der Waals surface area (Å²) < 4.78 is 2.19. The van der Waals surface area contributed by atoms with Crippen LogP contribution in [0.1, 0.15) is 25.7 Å². The first-order valence-corrected chi connectivity index (χ1v) is 6.08. The molecule has 16 heavy (non-hydrogen) atoms. The molecule has 2 nitrogen and oxygen atoms in total. The molecule has 2 aliphatic rings. The van der Waals surface area contributed by atoms with E-state index >= 15 is 0 Å². The maximum atomic E-state index is 2.32. The molecule has 0 N–H and O–H groups in total. The fourth-order valence-electron chi connectivity index (χ4n) is 2.26. The zero-order valence-electron chi connectivity index (χ0n) is 10.3. The van der Waals surface area contributed by atoms with Crippen molar-refractivity contribution in [3.05, 3.63) is 36.7 Å². The Morgan fingerprint density at radius 1 is 1.50 bits per heavy atom. The predicted molar refractivity (Wildman–Crippen MR) is 68.6 cm³/mol. The Morgan fingerprint density at radius 3 is 3.00 bits per heavy atom. The fraction of sp³-hybridized carbons (Fsp3) is 0.500. The summed E-state index contributed by atoms with van der Waals surface area (Å²) in [6.07, 6.45) is 18.1. The summed E-state index contributed by atoms with van der Waals surface area (Å²) in [6, 6.07) is 0.717. The van der Waals surface area contributed by atoms with Crippen molar-refractivity contribution in [3.8, 4) is 0 Å². The molecule has 0 aromatic heterocycles. The van der Waals surface area contributed by atoms with Crippen LogP contribution in [0.25, 0.3) is 0 Å². The summed E-state index contributed by atoms with van der Waals surface area (Å²) in [4.78, 5) is 2.32. The molecule has 0 bridgehead atoms. The van der Waals surface area contributed by atoms with Crippen LogP contribution in [-0.4, -0.2) is 35.3 Å². The van der Waals surface area contributed by atoms with Gasteiger partial charge in [-0.1, -0.05) is 12.2 Å². The highest BCUT2D eigenvalue weighted by molar-refractivity contribution is 5.92. The van der Waals surface area contributed by atoms with Crippen LogP contribution in [-0.2, 0) is 0 Å². The summed E-state index contributed by atoms with van der Waals surface area (Å²) in [7, 11) is 4.28. The standard InChI is InChI=1S/C14H21N2/c1-15-11-5-9-13(15)7-3-4-8-14-10-6-12-16(14)2/h3,5-7,11-12,14H,4,8-10H2,1-2H3/q+1/b7-3+. The molecule has 0 spiro atoms. The lowest BCUT2D eigenvalue weighted by molar-refractivity contribution is -0.418. The maximum Gasteiger partial charge on any atom is 0.184 e. The number of hydrogen-bond donors (Lipinski definition) is 0. The Balaban J connectivity index is 1.72. The lowest BCUT2D eigenvalue weighted by Crippen LogP contribution is -2.21. The minimum atomic E-state index is 0.717. The first kappa shape index (κ1) is 11.2. The minimum absolute atomic E-state index is 0.717. The summed E-state index contributed by atoms with van der Waals surface area (Å²) in [6.45, 7) is 0. The molecule has 0 aliphatic carbocycles. The lowest BCUT2D eigenvalue weighted by Gasteiger charge is -2.19. The molecule has 0 radical (unpaired) electrons. The SMILES string of the molecule is CN1C=CCC1CC/C=C/C1=[N+](C)C=CC1. The predicted octanol–water partition coefficient (Wildman–Crippen LogP) is 2.54. The molecule has 0 saturated heterocycles. The van der Waals surface area contributed by atoms with E-state index in [1.807, 2.05) is 0 Å². The van der Waals surface area contributed by atoms with Crippen molar-refractivity contribution in [2.24, 2.45) is 0 Å². The average Bonchev–Trinajstić information content (AvgIpc) is 2.84. The third-order valence-corrected chi connectivity index (χ3v) is 3.41. The van der Waals surface area contributed by atoms with Gasteiger partial charge in [0, 0.05) is 19.2 Å². The second kappa shape index (κ2) is 5.15. The molecular formula is C14H21N2+. The van der Waals surface area contributed by atoms with Crippen LogP contribution in [0.3, 0.4) is 0 Å². The van der Waals surface area contributed by atoms with E-state index in [-0.39, 0.29) is 0 Å². The van der Waals surface area contributed by atoms with Gasteiger partial charge in [0.25, 0.3) is 0 Å². The van der Waals surface area contributed by atoms with Crippen molar-refractivity contribution in [2.45, 2.75) is 31.7 Å². The molecule has 2 rings (SSSR count). The Labute approximate surface area is 98.3 Å². The molecule has 0 saturated carbocycles. The normalized spacial score (nSPS) is 24.4. The van der Waals surface area contributed by atoms with Crippen LogP contribution in [0.5, 0.6) is 0 Å². The third-order valence-electron chi connectivity index (χ3n) is 3.41. The number of nitrogens with zero attached hydrogens (tertiary/aromatic N) is 2. The topological polar surface area (TPSA) is 6.25 Å². The average molecular weight is 217 g/mol. The molecule has 1 atom stereocenters. The van der Waals surface area contributed by atoms with Crippen molar-refractivity contribution in [2.75, 3.05) is 14.1 Å². The largest absolute Gasteiger partial charge is 0.377 e. The quantitative estimate of drug-likeness (QED) is 0.656. The van der Waals surface area contributed by atoms with Crippen molar-refractivity contribution < 1.29 is 4.58 Å². The highest BCUT2D eigenvalue weighted by Crippen LogP contribution is 2.16. The summed E-state index contributed by atoms with van der Waals surface area (Å²) in [5, 5.41) is 0. The van der Waals surface area contributed by atoms with Crippen molar-refractivity contribution >= 4 is 5.71 Å². The lowest BCUT2D eigenvalue weighted by atomic mass is 10.1.